The molecule has 6 nitrogen and oxygen atoms in total. The predicted octanol–water partition coefficient (Wildman–Crippen LogP) is 1.43. The summed E-state index contributed by atoms with van der Waals surface area (Å²) in [4.78, 5) is 20.7. The highest BCUT2D eigenvalue weighted by atomic mass is 16.2. The van der Waals surface area contributed by atoms with Gasteiger partial charge in [-0.1, -0.05) is 0 Å². The molecule has 2 saturated heterocycles. The molecule has 0 radical (unpaired) electrons. The molecule has 0 bridgehead atoms. The quantitative estimate of drug-likeness (QED) is 0.360. The summed E-state index contributed by atoms with van der Waals surface area (Å²) >= 11 is 0. The predicted molar refractivity (Wildman–Crippen MR) is 99.3 cm³/mol. The second kappa shape index (κ2) is 11.3. The molecule has 6 heteroatoms. The maximum atomic E-state index is 11.6. The first kappa shape index (κ1) is 19.0. The summed E-state index contributed by atoms with van der Waals surface area (Å²) in [6, 6.07) is 0. The lowest BCUT2D eigenvalue weighted by molar-refractivity contribution is -0.127. The maximum absolute atomic E-state index is 11.6. The first-order chi connectivity index (χ1) is 11.8. The van der Waals surface area contributed by atoms with Crippen LogP contribution in [0.25, 0.3) is 0 Å². The zero-order chi connectivity index (χ0) is 17.0. The van der Waals surface area contributed by atoms with E-state index >= 15 is 0 Å². The van der Waals surface area contributed by atoms with Crippen molar-refractivity contribution in [2.24, 2.45) is 4.99 Å². The summed E-state index contributed by atoms with van der Waals surface area (Å²) in [6.45, 7) is 10.3. The molecule has 0 unspecified atom stereocenters. The van der Waals surface area contributed by atoms with Gasteiger partial charge in [0.25, 0.3) is 0 Å². The minimum atomic E-state index is 0.307. The van der Waals surface area contributed by atoms with Gasteiger partial charge in [0.15, 0.2) is 5.96 Å². The van der Waals surface area contributed by atoms with Gasteiger partial charge in [-0.25, -0.2) is 0 Å². The molecule has 0 aromatic heterocycles. The van der Waals surface area contributed by atoms with Gasteiger partial charge < -0.3 is 20.4 Å². The molecule has 0 spiro atoms. The second-order valence-electron chi connectivity index (χ2n) is 6.78. The number of aliphatic imine (C=N–C) groups is 1. The van der Waals surface area contributed by atoms with Crippen molar-refractivity contribution in [3.8, 4) is 0 Å². The molecule has 0 atom stereocenters. The summed E-state index contributed by atoms with van der Waals surface area (Å²) in [6.07, 6.45) is 7.87. The van der Waals surface area contributed by atoms with Gasteiger partial charge in [-0.2, -0.15) is 0 Å². The van der Waals surface area contributed by atoms with E-state index in [1.807, 2.05) is 4.90 Å². The monoisotopic (exact) mass is 337 g/mol. The van der Waals surface area contributed by atoms with E-state index in [2.05, 4.69) is 27.4 Å². The number of hydrogen-bond donors (Lipinski definition) is 2. The Kier molecular flexibility index (Phi) is 8.95. The van der Waals surface area contributed by atoms with E-state index in [1.54, 1.807) is 0 Å². The number of likely N-dealkylation sites (tertiary alicyclic amines) is 2. The summed E-state index contributed by atoms with van der Waals surface area (Å²) < 4.78 is 0. The lowest BCUT2D eigenvalue weighted by Gasteiger charge is -2.16. The van der Waals surface area contributed by atoms with Crippen LogP contribution < -0.4 is 10.6 Å². The van der Waals surface area contributed by atoms with Crippen molar-refractivity contribution in [2.75, 3.05) is 52.4 Å². The van der Waals surface area contributed by atoms with Crippen molar-refractivity contribution in [2.45, 2.75) is 51.9 Å². The van der Waals surface area contributed by atoms with Gasteiger partial charge in [-0.05, 0) is 65.1 Å². The molecule has 0 saturated carbocycles. The topological polar surface area (TPSA) is 60.0 Å². The Morgan fingerprint density at radius 3 is 2.58 bits per heavy atom. The van der Waals surface area contributed by atoms with Crippen molar-refractivity contribution < 1.29 is 4.79 Å². The molecule has 24 heavy (non-hydrogen) atoms. The molecule has 2 fully saturated rings. The smallest absolute Gasteiger partial charge is 0.222 e. The van der Waals surface area contributed by atoms with E-state index in [1.165, 1.54) is 45.3 Å². The minimum absolute atomic E-state index is 0.307. The van der Waals surface area contributed by atoms with Gasteiger partial charge in [-0.15, -0.1) is 0 Å². The van der Waals surface area contributed by atoms with Crippen LogP contribution in [0.15, 0.2) is 4.99 Å². The molecule has 2 N–H and O–H groups in total. The van der Waals surface area contributed by atoms with Crippen molar-refractivity contribution in [3.63, 3.8) is 0 Å². The van der Waals surface area contributed by atoms with Gasteiger partial charge in [0, 0.05) is 39.1 Å². The Morgan fingerprint density at radius 1 is 1.04 bits per heavy atom. The Hall–Kier alpha value is -1.30. The molecule has 2 rings (SSSR count). The van der Waals surface area contributed by atoms with Gasteiger partial charge in [0.1, 0.15) is 0 Å². The standard InChI is InChI=1S/C18H35N5O/c1-2-19-18(20-10-3-4-12-22-13-5-6-14-22)21-11-8-16-23-15-7-9-17(23)24/h2-16H2,1H3,(H2,19,20,21). The fourth-order valence-corrected chi connectivity index (χ4v) is 3.41. The van der Waals surface area contributed by atoms with Crippen molar-refractivity contribution in [1.29, 1.82) is 0 Å². The van der Waals surface area contributed by atoms with E-state index in [9.17, 15) is 4.79 Å². The number of nitrogens with zero attached hydrogens (tertiary/aromatic N) is 3. The van der Waals surface area contributed by atoms with Crippen LogP contribution in [-0.2, 0) is 4.79 Å². The largest absolute Gasteiger partial charge is 0.357 e. The number of guanidine groups is 1. The van der Waals surface area contributed by atoms with Gasteiger partial charge in [0.2, 0.25) is 5.91 Å². The molecule has 0 aromatic rings. The fraction of sp³-hybridized carbons (Fsp3) is 0.889. The Morgan fingerprint density at radius 2 is 1.88 bits per heavy atom. The molecular weight excluding hydrogens is 302 g/mol. The minimum Gasteiger partial charge on any atom is -0.357 e. The van der Waals surface area contributed by atoms with Gasteiger partial charge in [0.05, 0.1) is 0 Å². The molecular formula is C18H35N5O. The molecule has 0 aliphatic carbocycles. The van der Waals surface area contributed by atoms with E-state index in [-0.39, 0.29) is 0 Å². The van der Waals surface area contributed by atoms with Crippen LogP contribution in [0.1, 0.15) is 51.9 Å². The third-order valence-corrected chi connectivity index (χ3v) is 4.76. The normalized spacial score (nSPS) is 19.3. The highest BCUT2D eigenvalue weighted by Gasteiger charge is 2.18. The first-order valence-corrected chi connectivity index (χ1v) is 9.82. The summed E-state index contributed by atoms with van der Waals surface area (Å²) in [5.41, 5.74) is 0. The van der Waals surface area contributed by atoms with Crippen LogP contribution in [0, 0.1) is 0 Å². The molecule has 2 aliphatic heterocycles. The van der Waals surface area contributed by atoms with E-state index < -0.39 is 0 Å². The van der Waals surface area contributed by atoms with E-state index in [0.717, 1.165) is 57.9 Å². The Bertz CT molecular complexity index is 393. The molecule has 138 valence electrons. The van der Waals surface area contributed by atoms with E-state index in [0.29, 0.717) is 5.91 Å². The lowest BCUT2D eigenvalue weighted by Crippen LogP contribution is -2.38. The number of amides is 1. The number of hydrogen-bond acceptors (Lipinski definition) is 3. The van der Waals surface area contributed by atoms with Crippen molar-refractivity contribution >= 4 is 11.9 Å². The average Bonchev–Trinajstić information content (AvgIpc) is 3.23. The lowest BCUT2D eigenvalue weighted by atomic mass is 10.3. The third kappa shape index (κ3) is 7.07. The third-order valence-electron chi connectivity index (χ3n) is 4.76. The number of unbranched alkanes of at least 4 members (excludes halogenated alkanes) is 1. The van der Waals surface area contributed by atoms with Crippen LogP contribution in [-0.4, -0.2) is 74.0 Å². The molecule has 1 amide bonds. The zero-order valence-electron chi connectivity index (χ0n) is 15.4. The number of carbonyl (C=O) groups is 1. The fourth-order valence-electron chi connectivity index (χ4n) is 3.41. The van der Waals surface area contributed by atoms with Crippen LogP contribution >= 0.6 is 0 Å². The SMILES string of the molecule is CCNC(=NCCCN1CCCC1=O)NCCCCN1CCCC1. The van der Waals surface area contributed by atoms with Crippen LogP contribution in [0.5, 0.6) is 0 Å². The van der Waals surface area contributed by atoms with Crippen molar-refractivity contribution in [3.05, 3.63) is 0 Å². The Labute approximate surface area is 147 Å². The summed E-state index contributed by atoms with van der Waals surface area (Å²) in [7, 11) is 0. The molecule has 2 aliphatic rings. The van der Waals surface area contributed by atoms with Crippen LogP contribution in [0.3, 0.4) is 0 Å². The van der Waals surface area contributed by atoms with Gasteiger partial charge in [-0.3, -0.25) is 9.79 Å². The molecule has 2 heterocycles. The number of carbonyl (C=O) groups excluding carboxylic acids is 1. The maximum Gasteiger partial charge on any atom is 0.222 e. The first-order valence-electron chi connectivity index (χ1n) is 9.82. The van der Waals surface area contributed by atoms with Crippen LogP contribution in [0.4, 0.5) is 0 Å². The van der Waals surface area contributed by atoms with Crippen molar-refractivity contribution in [1.82, 2.24) is 20.4 Å². The number of rotatable bonds is 10. The number of nitrogens with one attached hydrogen (secondary N) is 2. The summed E-state index contributed by atoms with van der Waals surface area (Å²) in [5, 5.41) is 6.72. The highest BCUT2D eigenvalue weighted by molar-refractivity contribution is 5.79. The van der Waals surface area contributed by atoms with Crippen LogP contribution in [0.2, 0.25) is 0 Å². The van der Waals surface area contributed by atoms with Gasteiger partial charge >= 0.3 is 0 Å². The highest BCUT2D eigenvalue weighted by Crippen LogP contribution is 2.09. The molecule has 0 aromatic carbocycles. The van der Waals surface area contributed by atoms with E-state index in [4.69, 9.17) is 0 Å². The summed E-state index contributed by atoms with van der Waals surface area (Å²) in [5.74, 6) is 1.22. The zero-order valence-corrected chi connectivity index (χ0v) is 15.4. The second-order valence-corrected chi connectivity index (χ2v) is 6.78. The Balaban J connectivity index is 1.54. The average molecular weight is 338 g/mol.